The van der Waals surface area contributed by atoms with Crippen LogP contribution in [-0.4, -0.2) is 21.6 Å². The maximum absolute atomic E-state index is 14.6. The Bertz CT molecular complexity index is 1530. The summed E-state index contributed by atoms with van der Waals surface area (Å²) in [6.45, 7) is 0. The van der Waals surface area contributed by atoms with Crippen LogP contribution >= 0.6 is 12.2 Å². The van der Waals surface area contributed by atoms with Crippen LogP contribution in [-0.2, 0) is 0 Å². The Labute approximate surface area is 194 Å². The molecular weight excluding hydrogens is 435 g/mol. The first-order chi connectivity index (χ1) is 16.1. The number of rotatable bonds is 4. The van der Waals surface area contributed by atoms with E-state index in [9.17, 15) is 4.39 Å². The zero-order valence-corrected chi connectivity index (χ0v) is 18.5. The molecule has 0 amide bonds. The summed E-state index contributed by atoms with van der Waals surface area (Å²) in [5.41, 5.74) is 10.6. The number of hydrogen-bond acceptors (Lipinski definition) is 5. The first kappa shape index (κ1) is 20.8. The molecule has 0 aliphatic carbocycles. The minimum Gasteiger partial charge on any atom is -0.497 e. The number of halogens is 1. The highest BCUT2D eigenvalue weighted by molar-refractivity contribution is 7.71. The van der Waals surface area contributed by atoms with E-state index in [4.69, 9.17) is 27.7 Å². The molecule has 5 nitrogen and oxygen atoms in total. The first-order valence-electron chi connectivity index (χ1n) is 10.2. The SMILES string of the molecule is COc1ccc(-c2cc(-c3ccccc3)nc3nc(=S)n(-c4ccccc4F)c(N)c23)cc1. The number of fused-ring (bicyclic) bond motifs is 1. The molecule has 0 radical (unpaired) electrons. The molecule has 2 aromatic heterocycles. The Hall–Kier alpha value is -4.10. The summed E-state index contributed by atoms with van der Waals surface area (Å²) in [5, 5.41) is 0.594. The molecule has 2 heterocycles. The molecule has 2 N–H and O–H groups in total. The lowest BCUT2D eigenvalue weighted by Crippen LogP contribution is -2.10. The number of anilines is 1. The molecule has 0 aliphatic rings. The number of nitrogens with zero attached hydrogens (tertiary/aromatic N) is 3. The Balaban J connectivity index is 1.86. The number of ether oxygens (including phenoxy) is 1. The van der Waals surface area contributed by atoms with Gasteiger partial charge in [-0.25, -0.2) is 9.37 Å². The predicted octanol–water partition coefficient (Wildman–Crippen LogP) is 6.21. The fraction of sp³-hybridized carbons (Fsp3) is 0.0385. The maximum atomic E-state index is 14.6. The summed E-state index contributed by atoms with van der Waals surface area (Å²) in [4.78, 5) is 9.31. The molecule has 162 valence electrons. The molecule has 0 fully saturated rings. The lowest BCUT2D eigenvalue weighted by atomic mass is 9.99. The van der Waals surface area contributed by atoms with E-state index in [1.807, 2.05) is 60.7 Å². The van der Waals surface area contributed by atoms with Gasteiger partial charge in [-0.3, -0.25) is 4.57 Å². The van der Waals surface area contributed by atoms with Crippen molar-refractivity contribution in [3.63, 3.8) is 0 Å². The largest absolute Gasteiger partial charge is 0.497 e. The van der Waals surface area contributed by atoms with Crippen molar-refractivity contribution in [1.29, 1.82) is 0 Å². The van der Waals surface area contributed by atoms with E-state index in [0.717, 1.165) is 28.1 Å². The van der Waals surface area contributed by atoms with Gasteiger partial charge in [-0.15, -0.1) is 0 Å². The monoisotopic (exact) mass is 454 g/mol. The molecule has 0 bridgehead atoms. The highest BCUT2D eigenvalue weighted by Crippen LogP contribution is 2.36. The predicted molar refractivity (Wildman–Crippen MR) is 131 cm³/mol. The summed E-state index contributed by atoms with van der Waals surface area (Å²) in [6.07, 6.45) is 0. The van der Waals surface area contributed by atoms with E-state index in [-0.39, 0.29) is 16.3 Å². The fourth-order valence-corrected chi connectivity index (χ4v) is 4.12. The van der Waals surface area contributed by atoms with E-state index in [2.05, 4.69) is 4.98 Å². The molecule has 0 unspecified atom stereocenters. The topological polar surface area (TPSA) is 66.0 Å². The van der Waals surface area contributed by atoms with Gasteiger partial charge in [0.25, 0.3) is 0 Å². The lowest BCUT2D eigenvalue weighted by Gasteiger charge is -2.17. The van der Waals surface area contributed by atoms with Crippen molar-refractivity contribution in [3.8, 4) is 33.8 Å². The van der Waals surface area contributed by atoms with Crippen LogP contribution in [0.5, 0.6) is 5.75 Å². The maximum Gasteiger partial charge on any atom is 0.207 e. The number of nitrogen functional groups attached to an aromatic ring is 1. The van der Waals surface area contributed by atoms with Crippen molar-refractivity contribution >= 4 is 29.1 Å². The minimum absolute atomic E-state index is 0.128. The molecule has 33 heavy (non-hydrogen) atoms. The highest BCUT2D eigenvalue weighted by atomic mass is 32.1. The van der Waals surface area contributed by atoms with Gasteiger partial charge < -0.3 is 10.5 Å². The normalized spacial score (nSPS) is 11.0. The van der Waals surface area contributed by atoms with Crippen LogP contribution in [0.4, 0.5) is 10.2 Å². The van der Waals surface area contributed by atoms with Crippen molar-refractivity contribution in [3.05, 3.63) is 95.5 Å². The summed E-state index contributed by atoms with van der Waals surface area (Å²) in [6, 6.07) is 25.7. The Morgan fingerprint density at radius 1 is 0.879 bits per heavy atom. The second-order valence-electron chi connectivity index (χ2n) is 7.41. The molecule has 3 aromatic carbocycles. The van der Waals surface area contributed by atoms with Gasteiger partial charge in [-0.05, 0) is 53.7 Å². The number of hydrogen-bond donors (Lipinski definition) is 1. The average Bonchev–Trinajstić information content (AvgIpc) is 2.85. The smallest absolute Gasteiger partial charge is 0.207 e. The van der Waals surface area contributed by atoms with Gasteiger partial charge in [0.2, 0.25) is 4.77 Å². The summed E-state index contributed by atoms with van der Waals surface area (Å²) < 4.78 is 21.5. The van der Waals surface area contributed by atoms with Gasteiger partial charge in [-0.1, -0.05) is 54.6 Å². The van der Waals surface area contributed by atoms with Gasteiger partial charge >= 0.3 is 0 Å². The summed E-state index contributed by atoms with van der Waals surface area (Å²) in [7, 11) is 1.62. The van der Waals surface area contributed by atoms with Crippen molar-refractivity contribution in [2.75, 3.05) is 12.8 Å². The van der Waals surface area contributed by atoms with Crippen molar-refractivity contribution in [2.45, 2.75) is 0 Å². The van der Waals surface area contributed by atoms with E-state index < -0.39 is 5.82 Å². The van der Waals surface area contributed by atoms with Crippen LogP contribution in [0.2, 0.25) is 0 Å². The second kappa shape index (κ2) is 8.44. The van der Waals surface area contributed by atoms with E-state index >= 15 is 0 Å². The zero-order chi connectivity index (χ0) is 22.9. The molecule has 0 aliphatic heterocycles. The van der Waals surface area contributed by atoms with E-state index in [1.54, 1.807) is 25.3 Å². The molecule has 0 saturated carbocycles. The van der Waals surface area contributed by atoms with Crippen LogP contribution in [0.25, 0.3) is 39.1 Å². The third kappa shape index (κ3) is 3.72. The standard InChI is InChI=1S/C26H19FN4OS/c1-32-18-13-11-16(12-14-18)19-15-21(17-7-3-2-4-8-17)29-25-23(19)24(28)31(26(33)30-25)22-10-6-5-9-20(22)27/h2-15H,28H2,1H3. The van der Waals surface area contributed by atoms with Crippen LogP contribution in [0.15, 0.2) is 84.9 Å². The molecule has 5 aromatic rings. The summed E-state index contributed by atoms with van der Waals surface area (Å²) in [5.74, 6) is 0.565. The van der Waals surface area contributed by atoms with Crippen molar-refractivity contribution in [1.82, 2.24) is 14.5 Å². The number of para-hydroxylation sites is 1. The van der Waals surface area contributed by atoms with Crippen molar-refractivity contribution < 1.29 is 9.13 Å². The first-order valence-corrected chi connectivity index (χ1v) is 10.7. The minimum atomic E-state index is -0.443. The van der Waals surface area contributed by atoms with Gasteiger partial charge in [0, 0.05) is 5.56 Å². The van der Waals surface area contributed by atoms with Crippen LogP contribution in [0.1, 0.15) is 0 Å². The third-order valence-corrected chi connectivity index (χ3v) is 5.73. The molecule has 0 atom stereocenters. The molecule has 0 spiro atoms. The van der Waals surface area contributed by atoms with Crippen LogP contribution in [0.3, 0.4) is 0 Å². The van der Waals surface area contributed by atoms with E-state index in [0.29, 0.717) is 11.0 Å². The Kier molecular flexibility index (Phi) is 5.32. The van der Waals surface area contributed by atoms with Gasteiger partial charge in [0.05, 0.1) is 23.9 Å². The molecular formula is C26H19FN4OS. The van der Waals surface area contributed by atoms with E-state index in [1.165, 1.54) is 10.6 Å². The fourth-order valence-electron chi connectivity index (χ4n) is 3.84. The number of benzene rings is 3. The average molecular weight is 455 g/mol. The quantitative estimate of drug-likeness (QED) is 0.327. The number of methoxy groups -OCH3 is 1. The number of pyridine rings is 1. The lowest BCUT2D eigenvalue weighted by molar-refractivity contribution is 0.415. The summed E-state index contributed by atoms with van der Waals surface area (Å²) >= 11 is 5.51. The number of aromatic nitrogens is 3. The van der Waals surface area contributed by atoms with Gasteiger partial charge in [0.1, 0.15) is 17.4 Å². The zero-order valence-electron chi connectivity index (χ0n) is 17.7. The van der Waals surface area contributed by atoms with Crippen LogP contribution < -0.4 is 10.5 Å². The Morgan fingerprint density at radius 3 is 2.27 bits per heavy atom. The highest BCUT2D eigenvalue weighted by Gasteiger charge is 2.18. The second-order valence-corrected chi connectivity index (χ2v) is 7.78. The molecule has 0 saturated heterocycles. The molecule has 5 rings (SSSR count). The van der Waals surface area contributed by atoms with Gasteiger partial charge in [-0.2, -0.15) is 4.98 Å². The Morgan fingerprint density at radius 2 is 1.58 bits per heavy atom. The van der Waals surface area contributed by atoms with Crippen LogP contribution in [0, 0.1) is 10.6 Å². The molecule has 7 heteroatoms. The van der Waals surface area contributed by atoms with Gasteiger partial charge in [0.15, 0.2) is 5.65 Å². The number of nitrogens with two attached hydrogens (primary N) is 1. The van der Waals surface area contributed by atoms with Crippen molar-refractivity contribution in [2.24, 2.45) is 0 Å². The third-order valence-electron chi connectivity index (χ3n) is 5.45.